The normalized spacial score (nSPS) is 15.7. The average molecular weight is 626 g/mol. The summed E-state index contributed by atoms with van der Waals surface area (Å²) in [6.07, 6.45) is 7.96. The number of anilines is 1. The molecule has 0 saturated carbocycles. The number of imide groups is 1. The Kier molecular flexibility index (Phi) is 11.6. The molecular formula is C38H49N4O4+. The number of piperidine rings is 1. The number of hydrogen-bond acceptors (Lipinski definition) is 5. The third kappa shape index (κ3) is 9.04. The van der Waals surface area contributed by atoms with Crippen LogP contribution in [0.25, 0.3) is 11.1 Å². The second kappa shape index (κ2) is 16.0. The summed E-state index contributed by atoms with van der Waals surface area (Å²) in [6.45, 7) is 5.68. The molecule has 0 aromatic heterocycles. The molecule has 1 fully saturated rings. The van der Waals surface area contributed by atoms with Gasteiger partial charge in [-0.15, -0.1) is 0 Å². The molecule has 3 aromatic carbocycles. The number of nitrogens with one attached hydrogen (secondary N) is 1. The van der Waals surface area contributed by atoms with E-state index < -0.39 is 0 Å². The Hall–Kier alpha value is -4.01. The lowest BCUT2D eigenvalue weighted by molar-refractivity contribution is -0.890. The molecule has 1 saturated heterocycles. The van der Waals surface area contributed by atoms with Crippen molar-refractivity contribution in [1.82, 2.24) is 9.80 Å². The topological polar surface area (TPSA) is 79.0 Å². The number of unbranched alkanes of at least 4 members (excludes halogenated alkanes) is 4. The van der Waals surface area contributed by atoms with Gasteiger partial charge in [0.25, 0.3) is 11.8 Å². The van der Waals surface area contributed by atoms with Crippen molar-refractivity contribution in [2.45, 2.75) is 57.5 Å². The molecule has 2 heterocycles. The SMILES string of the molecule is C[N+](C)(CCCCCCN1CCC(OC(=O)Nc2ccccc2-c2ccccc2)CC1)CCCCN1C(=O)c2ccccc2C1=O. The monoisotopic (exact) mass is 625 g/mol. The molecule has 0 bridgehead atoms. The zero-order valence-electron chi connectivity index (χ0n) is 27.5. The first-order valence-corrected chi connectivity index (χ1v) is 16.9. The second-order valence-corrected chi connectivity index (χ2v) is 13.3. The van der Waals surface area contributed by atoms with E-state index in [4.69, 9.17) is 4.74 Å². The molecular weight excluding hydrogens is 576 g/mol. The highest BCUT2D eigenvalue weighted by Crippen LogP contribution is 2.28. The lowest BCUT2D eigenvalue weighted by atomic mass is 10.0. The molecule has 8 heteroatoms. The van der Waals surface area contributed by atoms with Crippen molar-refractivity contribution < 1.29 is 23.6 Å². The first-order valence-electron chi connectivity index (χ1n) is 16.9. The molecule has 5 rings (SSSR count). The van der Waals surface area contributed by atoms with Crippen LogP contribution in [0.1, 0.15) is 72.1 Å². The van der Waals surface area contributed by atoms with Gasteiger partial charge in [-0.05, 0) is 75.3 Å². The lowest BCUT2D eigenvalue weighted by Gasteiger charge is -2.32. The number of hydrogen-bond donors (Lipinski definition) is 1. The van der Waals surface area contributed by atoms with Gasteiger partial charge < -0.3 is 14.1 Å². The van der Waals surface area contributed by atoms with Crippen molar-refractivity contribution >= 4 is 23.6 Å². The minimum absolute atomic E-state index is 0.0484. The maximum atomic E-state index is 12.7. The van der Waals surface area contributed by atoms with Gasteiger partial charge in [0.2, 0.25) is 0 Å². The third-order valence-electron chi connectivity index (χ3n) is 9.32. The molecule has 0 spiro atoms. The van der Waals surface area contributed by atoms with Gasteiger partial charge in [0.15, 0.2) is 0 Å². The van der Waals surface area contributed by atoms with Crippen molar-refractivity contribution in [1.29, 1.82) is 0 Å². The Bertz CT molecular complexity index is 1430. The number of likely N-dealkylation sites (tertiary alicyclic amines) is 1. The largest absolute Gasteiger partial charge is 0.446 e. The highest BCUT2D eigenvalue weighted by atomic mass is 16.6. The van der Waals surface area contributed by atoms with Crippen LogP contribution in [0, 0.1) is 0 Å². The standard InChI is InChI=1S/C38H48N4O4/c1-42(2,29-15-13-25-41-36(43)33-19-8-9-20-34(33)37(41)44)28-14-4-3-12-24-40-26-22-31(23-27-40)46-38(45)39-35-21-11-10-18-32(35)30-16-6-5-7-17-30/h5-11,16-21,31H,3-4,12-15,22-29H2,1-2H3/p+1. The molecule has 3 aromatic rings. The molecule has 0 atom stereocenters. The number of nitrogens with zero attached hydrogens (tertiary/aromatic N) is 3. The summed E-state index contributed by atoms with van der Waals surface area (Å²) in [5, 5.41) is 2.96. The van der Waals surface area contributed by atoms with Crippen LogP contribution in [-0.4, -0.2) is 91.7 Å². The van der Waals surface area contributed by atoms with Crippen molar-refractivity contribution in [3.63, 3.8) is 0 Å². The van der Waals surface area contributed by atoms with Gasteiger partial charge in [0.05, 0.1) is 44.0 Å². The Balaban J connectivity index is 0.902. The number of carbonyl (C=O) groups is 3. The predicted octanol–water partition coefficient (Wildman–Crippen LogP) is 7.08. The number of rotatable bonds is 15. The summed E-state index contributed by atoms with van der Waals surface area (Å²) < 4.78 is 6.76. The number of quaternary nitrogens is 1. The van der Waals surface area contributed by atoms with Gasteiger partial charge >= 0.3 is 6.09 Å². The van der Waals surface area contributed by atoms with Crippen LogP contribution in [0.3, 0.4) is 0 Å². The van der Waals surface area contributed by atoms with Gasteiger partial charge in [0.1, 0.15) is 6.10 Å². The fraction of sp³-hybridized carbons (Fsp3) is 0.447. The first-order chi connectivity index (χ1) is 22.3. The van der Waals surface area contributed by atoms with E-state index in [0.29, 0.717) is 17.7 Å². The van der Waals surface area contributed by atoms with Crippen molar-refractivity contribution in [3.8, 4) is 11.1 Å². The Morgan fingerprint density at radius 2 is 1.26 bits per heavy atom. The lowest BCUT2D eigenvalue weighted by Crippen LogP contribution is -2.41. The number of para-hydroxylation sites is 1. The summed E-state index contributed by atoms with van der Waals surface area (Å²) in [4.78, 5) is 41.7. The van der Waals surface area contributed by atoms with Crippen molar-refractivity contribution in [2.75, 3.05) is 58.7 Å². The fourth-order valence-corrected chi connectivity index (χ4v) is 6.60. The van der Waals surface area contributed by atoms with Crippen LogP contribution in [0.15, 0.2) is 78.9 Å². The Morgan fingerprint density at radius 1 is 0.717 bits per heavy atom. The van der Waals surface area contributed by atoms with Gasteiger partial charge in [-0.25, -0.2) is 4.79 Å². The van der Waals surface area contributed by atoms with E-state index in [-0.39, 0.29) is 24.0 Å². The molecule has 1 N–H and O–H groups in total. The number of benzene rings is 3. The number of fused-ring (bicyclic) bond motifs is 1. The van der Waals surface area contributed by atoms with E-state index in [0.717, 1.165) is 79.7 Å². The summed E-state index contributed by atoms with van der Waals surface area (Å²) >= 11 is 0. The van der Waals surface area contributed by atoms with Crippen LogP contribution in [-0.2, 0) is 4.74 Å². The summed E-state index contributed by atoms with van der Waals surface area (Å²) in [7, 11) is 4.55. The number of ether oxygens (including phenoxy) is 1. The number of amides is 3. The summed E-state index contributed by atoms with van der Waals surface area (Å²) in [5.74, 6) is -0.313. The third-order valence-corrected chi connectivity index (χ3v) is 9.32. The van der Waals surface area contributed by atoms with E-state index in [1.807, 2.05) is 66.7 Å². The van der Waals surface area contributed by atoms with E-state index >= 15 is 0 Å². The van der Waals surface area contributed by atoms with Crippen molar-refractivity contribution in [2.24, 2.45) is 0 Å². The zero-order chi connectivity index (χ0) is 32.4. The number of carbonyl (C=O) groups excluding carboxylic acids is 3. The smallest absolute Gasteiger partial charge is 0.411 e. The maximum absolute atomic E-state index is 12.7. The molecule has 2 aliphatic rings. The first kappa shape index (κ1) is 33.4. The molecule has 0 radical (unpaired) electrons. The van der Waals surface area contributed by atoms with Crippen LogP contribution in [0.2, 0.25) is 0 Å². The molecule has 244 valence electrons. The molecule has 0 aliphatic carbocycles. The second-order valence-electron chi connectivity index (χ2n) is 13.3. The minimum Gasteiger partial charge on any atom is -0.446 e. The minimum atomic E-state index is -0.383. The van der Waals surface area contributed by atoms with Crippen LogP contribution in [0.5, 0.6) is 0 Å². The summed E-state index contributed by atoms with van der Waals surface area (Å²) in [5.41, 5.74) is 3.86. The van der Waals surface area contributed by atoms with E-state index in [1.54, 1.807) is 12.1 Å². The van der Waals surface area contributed by atoms with E-state index in [1.165, 1.54) is 30.6 Å². The van der Waals surface area contributed by atoms with Gasteiger partial charge in [0, 0.05) is 25.2 Å². The molecule has 46 heavy (non-hydrogen) atoms. The molecule has 8 nitrogen and oxygen atoms in total. The predicted molar refractivity (Wildman–Crippen MR) is 183 cm³/mol. The molecule has 2 aliphatic heterocycles. The van der Waals surface area contributed by atoms with Crippen LogP contribution < -0.4 is 5.32 Å². The Morgan fingerprint density at radius 3 is 1.93 bits per heavy atom. The average Bonchev–Trinajstić information content (AvgIpc) is 3.31. The molecule has 0 unspecified atom stereocenters. The van der Waals surface area contributed by atoms with Crippen molar-refractivity contribution in [3.05, 3.63) is 90.0 Å². The van der Waals surface area contributed by atoms with Crippen LogP contribution >= 0.6 is 0 Å². The zero-order valence-corrected chi connectivity index (χ0v) is 27.5. The van der Waals surface area contributed by atoms with E-state index in [9.17, 15) is 14.4 Å². The fourth-order valence-electron chi connectivity index (χ4n) is 6.60. The molecule has 3 amide bonds. The van der Waals surface area contributed by atoms with E-state index in [2.05, 4.69) is 24.3 Å². The quantitative estimate of drug-likeness (QED) is 0.111. The van der Waals surface area contributed by atoms with Gasteiger partial charge in [-0.2, -0.15) is 0 Å². The Labute approximate surface area is 273 Å². The summed E-state index contributed by atoms with van der Waals surface area (Å²) in [6, 6.07) is 25.0. The highest BCUT2D eigenvalue weighted by molar-refractivity contribution is 6.21. The van der Waals surface area contributed by atoms with Gasteiger partial charge in [-0.3, -0.25) is 19.8 Å². The van der Waals surface area contributed by atoms with Gasteiger partial charge in [-0.1, -0.05) is 67.1 Å². The maximum Gasteiger partial charge on any atom is 0.411 e. The van der Waals surface area contributed by atoms with Crippen LogP contribution in [0.4, 0.5) is 10.5 Å². The highest BCUT2D eigenvalue weighted by Gasteiger charge is 2.34.